The van der Waals surface area contributed by atoms with Crippen LogP contribution in [-0.2, 0) is 10.0 Å². The van der Waals surface area contributed by atoms with Crippen LogP contribution in [0, 0.1) is 6.92 Å². The molecule has 0 atom stereocenters. The Morgan fingerprint density at radius 1 is 1.27 bits per heavy atom. The van der Waals surface area contributed by atoms with E-state index in [2.05, 4.69) is 11.0 Å². The van der Waals surface area contributed by atoms with Crippen LogP contribution in [0.3, 0.4) is 0 Å². The van der Waals surface area contributed by atoms with Crippen molar-refractivity contribution in [1.29, 1.82) is 0 Å². The molecule has 0 saturated carbocycles. The van der Waals surface area contributed by atoms with Crippen molar-refractivity contribution in [2.75, 3.05) is 0 Å². The number of benzene rings is 1. The third-order valence-corrected chi connectivity index (χ3v) is 2.89. The average molecular weight is 232 g/mol. The number of nitrogens with zero attached hydrogens (tertiary/aromatic N) is 1. The molecule has 5 heteroatoms. The van der Waals surface area contributed by atoms with E-state index < -0.39 is 10.0 Å². The molecule has 0 saturated heterocycles. The van der Waals surface area contributed by atoms with Crippen LogP contribution in [0.1, 0.15) is 5.56 Å². The van der Waals surface area contributed by atoms with Gasteiger partial charge in [-0.1, -0.05) is 30.4 Å². The van der Waals surface area contributed by atoms with Gasteiger partial charge >= 0.3 is 29.6 Å². The van der Waals surface area contributed by atoms with Gasteiger partial charge in [-0.05, 0) is 19.1 Å². The van der Waals surface area contributed by atoms with Crippen LogP contribution >= 0.6 is 0 Å². The van der Waals surface area contributed by atoms with Gasteiger partial charge in [-0.15, -0.1) is 0 Å². The van der Waals surface area contributed by atoms with Crippen LogP contribution < -0.4 is 29.6 Å². The van der Waals surface area contributed by atoms with Gasteiger partial charge in [0.05, 0.1) is 4.90 Å². The summed E-state index contributed by atoms with van der Waals surface area (Å²) in [6.07, 6.45) is 2.49. The second-order valence-corrected chi connectivity index (χ2v) is 4.41. The molecule has 0 radical (unpaired) electrons. The monoisotopic (exact) mass is 232 g/mol. The molecule has 0 spiro atoms. The molecule has 3 nitrogen and oxygen atoms in total. The van der Waals surface area contributed by atoms with Crippen molar-refractivity contribution < 1.29 is 38.0 Å². The Hall–Kier alpha value is -0.420. The van der Waals surface area contributed by atoms with E-state index in [1.54, 1.807) is 12.1 Å². The number of sulfonamides is 1. The molecule has 0 aliphatic heterocycles. The maximum Gasteiger partial charge on any atom is 1.00 e. The second-order valence-electron chi connectivity index (χ2n) is 2.78. The largest absolute Gasteiger partial charge is 1.00 e. The zero-order valence-electron chi connectivity index (χ0n) is 8.84. The third-order valence-electron chi connectivity index (χ3n) is 1.62. The van der Waals surface area contributed by atoms with Crippen molar-refractivity contribution in [3.05, 3.63) is 42.5 Å². The fraction of sp³-hybridized carbons (Fsp3) is 0.100. The molecule has 0 aromatic heterocycles. The molecule has 1 rings (SSSR count). The van der Waals surface area contributed by atoms with Crippen molar-refractivity contribution in [2.45, 2.75) is 11.8 Å². The van der Waals surface area contributed by atoms with E-state index >= 15 is 0 Å². The molecule has 0 amide bonds. The standard InChI is InChI=1S/C10H11NO2S.Na/c1-3-8-11-14(12,13)10-6-4-9(2)5-7-10;/h3-8H,1H2,2H3;/q;+1/b11-8-;. The first-order chi connectivity index (χ1) is 6.56. The van der Waals surface area contributed by atoms with E-state index in [4.69, 9.17) is 0 Å². The van der Waals surface area contributed by atoms with Crippen molar-refractivity contribution in [3.63, 3.8) is 0 Å². The summed E-state index contributed by atoms with van der Waals surface area (Å²) in [7, 11) is -3.54. The SMILES string of the molecule is C=C/C=N\S(=O)(=O)c1ccc(C)cc1.[Na+]. The molecular formula is C10H11NNaO2S+. The van der Waals surface area contributed by atoms with E-state index in [1.807, 2.05) is 6.92 Å². The predicted octanol–water partition coefficient (Wildman–Crippen LogP) is -1.06. The number of allylic oxidation sites excluding steroid dienone is 1. The van der Waals surface area contributed by atoms with Gasteiger partial charge in [0.2, 0.25) is 0 Å². The smallest absolute Gasteiger partial charge is 0.199 e. The Labute approximate surface area is 112 Å². The molecule has 0 heterocycles. The summed E-state index contributed by atoms with van der Waals surface area (Å²) in [6.45, 7) is 5.25. The summed E-state index contributed by atoms with van der Waals surface area (Å²) < 4.78 is 26.3. The van der Waals surface area contributed by atoms with E-state index in [0.717, 1.165) is 11.8 Å². The van der Waals surface area contributed by atoms with Crippen LogP contribution in [0.25, 0.3) is 0 Å². The van der Waals surface area contributed by atoms with Crippen LogP contribution in [0.15, 0.2) is 46.2 Å². The zero-order chi connectivity index (χ0) is 10.6. The zero-order valence-corrected chi connectivity index (χ0v) is 11.7. The van der Waals surface area contributed by atoms with Gasteiger partial charge in [0.25, 0.3) is 10.0 Å². The summed E-state index contributed by atoms with van der Waals surface area (Å²) in [5, 5.41) is 0. The summed E-state index contributed by atoms with van der Waals surface area (Å²) in [6, 6.07) is 6.53. The van der Waals surface area contributed by atoms with Gasteiger partial charge < -0.3 is 0 Å². The Morgan fingerprint density at radius 3 is 2.27 bits per heavy atom. The fourth-order valence-electron chi connectivity index (χ4n) is 0.894. The molecule has 15 heavy (non-hydrogen) atoms. The first kappa shape index (κ1) is 14.6. The van der Waals surface area contributed by atoms with Gasteiger partial charge in [-0.2, -0.15) is 12.8 Å². The van der Waals surface area contributed by atoms with Crippen molar-refractivity contribution in [3.8, 4) is 0 Å². The van der Waals surface area contributed by atoms with E-state index in [0.29, 0.717) is 0 Å². The predicted molar refractivity (Wildman–Crippen MR) is 57.1 cm³/mol. The van der Waals surface area contributed by atoms with Gasteiger partial charge in [-0.25, -0.2) is 0 Å². The van der Waals surface area contributed by atoms with Crippen molar-refractivity contribution >= 4 is 16.2 Å². The molecule has 0 bridgehead atoms. The Kier molecular flexibility index (Phi) is 6.05. The van der Waals surface area contributed by atoms with Gasteiger partial charge in [0.15, 0.2) is 0 Å². The first-order valence-corrected chi connectivity index (χ1v) is 5.48. The van der Waals surface area contributed by atoms with Crippen LogP contribution in [0.4, 0.5) is 0 Å². The third kappa shape index (κ3) is 4.30. The Balaban J connectivity index is 0.00000196. The van der Waals surface area contributed by atoms with E-state index in [1.165, 1.54) is 18.2 Å². The minimum atomic E-state index is -3.54. The number of aryl methyl sites for hydroxylation is 1. The summed E-state index contributed by atoms with van der Waals surface area (Å²) >= 11 is 0. The Morgan fingerprint density at radius 2 is 1.80 bits per heavy atom. The van der Waals surface area contributed by atoms with Gasteiger partial charge in [0, 0.05) is 6.21 Å². The molecule has 0 unspecified atom stereocenters. The quantitative estimate of drug-likeness (QED) is 0.493. The molecular weight excluding hydrogens is 221 g/mol. The van der Waals surface area contributed by atoms with Crippen molar-refractivity contribution in [1.82, 2.24) is 0 Å². The maximum absolute atomic E-state index is 11.5. The summed E-state index contributed by atoms with van der Waals surface area (Å²) in [5.41, 5.74) is 1.01. The minimum absolute atomic E-state index is 0. The second kappa shape index (κ2) is 6.23. The number of rotatable bonds is 3. The summed E-state index contributed by atoms with van der Waals surface area (Å²) in [5.74, 6) is 0. The van der Waals surface area contributed by atoms with E-state index in [-0.39, 0.29) is 34.5 Å². The topological polar surface area (TPSA) is 46.5 Å². The molecule has 74 valence electrons. The fourth-order valence-corrected chi connectivity index (χ4v) is 1.74. The maximum atomic E-state index is 11.5. The minimum Gasteiger partial charge on any atom is -0.199 e. The molecule has 0 fully saturated rings. The Bertz CT molecular complexity index is 449. The van der Waals surface area contributed by atoms with Crippen molar-refractivity contribution in [2.24, 2.45) is 4.40 Å². The molecule has 1 aromatic rings. The number of hydrogen-bond acceptors (Lipinski definition) is 2. The van der Waals surface area contributed by atoms with Gasteiger partial charge in [-0.3, -0.25) is 0 Å². The van der Waals surface area contributed by atoms with Gasteiger partial charge in [0.1, 0.15) is 0 Å². The molecule has 0 aliphatic carbocycles. The molecule has 0 N–H and O–H groups in total. The van der Waals surface area contributed by atoms with Crippen LogP contribution in [-0.4, -0.2) is 14.6 Å². The molecule has 1 aromatic carbocycles. The normalized spacial score (nSPS) is 11.0. The van der Waals surface area contributed by atoms with Crippen LogP contribution in [0.2, 0.25) is 0 Å². The van der Waals surface area contributed by atoms with E-state index in [9.17, 15) is 8.42 Å². The number of hydrogen-bond donors (Lipinski definition) is 0. The van der Waals surface area contributed by atoms with Crippen LogP contribution in [0.5, 0.6) is 0 Å². The average Bonchev–Trinajstić information content (AvgIpc) is 2.16. The molecule has 0 aliphatic rings. The summed E-state index contributed by atoms with van der Waals surface area (Å²) in [4.78, 5) is 0.196. The first-order valence-electron chi connectivity index (χ1n) is 4.04.